The first-order valence-electron chi connectivity index (χ1n) is 5.42. The molecule has 16 heavy (non-hydrogen) atoms. The number of H-pyrrole nitrogens is 1. The maximum Gasteiger partial charge on any atom is 0.238 e. The molecule has 1 aromatic heterocycles. The van der Waals surface area contributed by atoms with Crippen molar-refractivity contribution in [2.75, 3.05) is 11.6 Å². The highest BCUT2D eigenvalue weighted by atomic mass is 32.2. The van der Waals surface area contributed by atoms with Crippen molar-refractivity contribution in [1.82, 2.24) is 20.6 Å². The molecule has 0 bridgehead atoms. The minimum Gasteiger partial charge on any atom is -0.347 e. The fourth-order valence-corrected chi connectivity index (χ4v) is 2.61. The summed E-state index contributed by atoms with van der Waals surface area (Å²) in [6, 6.07) is -0.0797. The van der Waals surface area contributed by atoms with Crippen molar-refractivity contribution in [2.24, 2.45) is 0 Å². The Hall–Kier alpha value is -1.01. The zero-order valence-electron chi connectivity index (χ0n) is 9.19. The first kappa shape index (κ1) is 11.5. The second-order valence-electron chi connectivity index (χ2n) is 3.72. The Kier molecular flexibility index (Phi) is 3.84. The summed E-state index contributed by atoms with van der Waals surface area (Å²) in [7, 11) is 0. The highest BCUT2D eigenvalue weighted by Gasteiger charge is 2.25. The first-order chi connectivity index (χ1) is 7.81. The molecule has 1 aliphatic rings. The van der Waals surface area contributed by atoms with Crippen molar-refractivity contribution in [2.45, 2.75) is 25.4 Å². The van der Waals surface area contributed by atoms with Crippen LogP contribution in [0.2, 0.25) is 0 Å². The van der Waals surface area contributed by atoms with E-state index in [2.05, 4.69) is 20.6 Å². The standard InChI is InChI=1S/C10H16N4OS/c1-2-7(9-11-3-4-12-9)14-10(15)8-5-16-6-13-8/h3-4,7-8,13H,2,5-6H2,1H3,(H,11,12)(H,14,15). The maximum absolute atomic E-state index is 11.9. The van der Waals surface area contributed by atoms with E-state index in [0.29, 0.717) is 0 Å². The Bertz CT molecular complexity index is 335. The summed E-state index contributed by atoms with van der Waals surface area (Å²) in [5.74, 6) is 2.59. The van der Waals surface area contributed by atoms with Crippen molar-refractivity contribution >= 4 is 17.7 Å². The van der Waals surface area contributed by atoms with Gasteiger partial charge in [0.2, 0.25) is 5.91 Å². The Morgan fingerprint density at radius 2 is 2.69 bits per heavy atom. The third-order valence-electron chi connectivity index (χ3n) is 2.61. The van der Waals surface area contributed by atoms with Gasteiger partial charge in [-0.15, -0.1) is 11.8 Å². The van der Waals surface area contributed by atoms with Crippen molar-refractivity contribution in [3.8, 4) is 0 Å². The van der Waals surface area contributed by atoms with Crippen molar-refractivity contribution < 1.29 is 4.79 Å². The molecule has 2 heterocycles. The average Bonchev–Trinajstić information content (AvgIpc) is 2.96. The SMILES string of the molecule is CCC(NC(=O)C1CSCN1)c1ncc[nH]1. The Balaban J connectivity index is 1.93. The zero-order valence-corrected chi connectivity index (χ0v) is 10.0. The molecule has 2 atom stereocenters. The van der Waals surface area contributed by atoms with Crippen molar-refractivity contribution in [1.29, 1.82) is 0 Å². The number of carbonyl (C=O) groups is 1. The molecule has 1 aromatic rings. The number of nitrogens with zero attached hydrogens (tertiary/aromatic N) is 1. The number of hydrogen-bond donors (Lipinski definition) is 3. The minimum absolute atomic E-state index is 0.0186. The predicted octanol–water partition coefficient (Wildman–Crippen LogP) is 0.639. The van der Waals surface area contributed by atoms with Crippen LogP contribution in [-0.2, 0) is 4.79 Å². The smallest absolute Gasteiger partial charge is 0.238 e. The van der Waals surface area contributed by atoms with E-state index in [4.69, 9.17) is 0 Å². The lowest BCUT2D eigenvalue weighted by molar-refractivity contribution is -0.123. The molecule has 2 unspecified atom stereocenters. The molecule has 0 saturated carbocycles. The van der Waals surface area contributed by atoms with E-state index in [1.54, 1.807) is 24.2 Å². The number of carbonyl (C=O) groups excluding carboxylic acids is 1. The Morgan fingerprint density at radius 1 is 1.81 bits per heavy atom. The first-order valence-corrected chi connectivity index (χ1v) is 6.57. The third kappa shape index (κ3) is 2.56. The van der Waals surface area contributed by atoms with E-state index in [0.717, 1.165) is 23.9 Å². The quantitative estimate of drug-likeness (QED) is 0.722. The summed E-state index contributed by atoms with van der Waals surface area (Å²) in [4.78, 5) is 19.1. The van der Waals surface area contributed by atoms with Crippen LogP contribution >= 0.6 is 11.8 Å². The predicted molar refractivity (Wildman–Crippen MR) is 64.0 cm³/mol. The average molecular weight is 240 g/mol. The van der Waals surface area contributed by atoms with Gasteiger partial charge in [-0.2, -0.15) is 0 Å². The number of hydrogen-bond acceptors (Lipinski definition) is 4. The molecule has 1 aliphatic heterocycles. The number of nitrogens with one attached hydrogen (secondary N) is 3. The van der Waals surface area contributed by atoms with Gasteiger partial charge in [-0.1, -0.05) is 6.92 Å². The fraction of sp³-hybridized carbons (Fsp3) is 0.600. The van der Waals surface area contributed by atoms with Crippen LogP contribution < -0.4 is 10.6 Å². The van der Waals surface area contributed by atoms with Crippen LogP contribution in [-0.4, -0.2) is 33.5 Å². The van der Waals surface area contributed by atoms with Crippen LogP contribution in [0.25, 0.3) is 0 Å². The molecule has 1 saturated heterocycles. The van der Waals surface area contributed by atoms with Crippen LogP contribution in [0.3, 0.4) is 0 Å². The highest BCUT2D eigenvalue weighted by Crippen LogP contribution is 2.14. The van der Waals surface area contributed by atoms with Crippen LogP contribution in [0.15, 0.2) is 12.4 Å². The van der Waals surface area contributed by atoms with Gasteiger partial charge in [0.1, 0.15) is 5.82 Å². The van der Waals surface area contributed by atoms with E-state index in [1.165, 1.54) is 0 Å². The zero-order chi connectivity index (χ0) is 11.4. The number of imidazole rings is 1. The number of aromatic amines is 1. The van der Waals surface area contributed by atoms with E-state index in [1.807, 2.05) is 6.92 Å². The number of amides is 1. The fourth-order valence-electron chi connectivity index (χ4n) is 1.67. The van der Waals surface area contributed by atoms with Crippen molar-refractivity contribution in [3.05, 3.63) is 18.2 Å². The lowest BCUT2D eigenvalue weighted by atomic mass is 10.2. The van der Waals surface area contributed by atoms with E-state index >= 15 is 0 Å². The van der Waals surface area contributed by atoms with Gasteiger partial charge in [-0.05, 0) is 6.42 Å². The van der Waals surface area contributed by atoms with Crippen LogP contribution in [0.5, 0.6) is 0 Å². The second-order valence-corrected chi connectivity index (χ2v) is 4.75. The summed E-state index contributed by atoms with van der Waals surface area (Å²) in [6.07, 6.45) is 4.31. The molecule has 1 fully saturated rings. The molecule has 1 amide bonds. The molecule has 5 nitrogen and oxygen atoms in total. The van der Waals surface area contributed by atoms with E-state index in [-0.39, 0.29) is 18.0 Å². The molecule has 0 aromatic carbocycles. The molecule has 0 radical (unpaired) electrons. The molecular formula is C10H16N4OS. The molecule has 6 heteroatoms. The molecule has 0 aliphatic carbocycles. The van der Waals surface area contributed by atoms with Gasteiger partial charge < -0.3 is 10.3 Å². The molecular weight excluding hydrogens is 224 g/mol. The lowest BCUT2D eigenvalue weighted by Crippen LogP contribution is -2.43. The summed E-state index contributed by atoms with van der Waals surface area (Å²) >= 11 is 1.75. The third-order valence-corrected chi connectivity index (χ3v) is 3.55. The van der Waals surface area contributed by atoms with Gasteiger partial charge >= 0.3 is 0 Å². The molecule has 0 spiro atoms. The van der Waals surface area contributed by atoms with E-state index < -0.39 is 0 Å². The number of thioether (sulfide) groups is 1. The van der Waals surface area contributed by atoms with E-state index in [9.17, 15) is 4.79 Å². The monoisotopic (exact) mass is 240 g/mol. The van der Waals surface area contributed by atoms with Crippen LogP contribution in [0.1, 0.15) is 25.2 Å². The Labute approximate surface area is 98.8 Å². The van der Waals surface area contributed by atoms with Gasteiger partial charge in [0, 0.05) is 24.0 Å². The molecule has 88 valence electrons. The second kappa shape index (κ2) is 5.36. The van der Waals surface area contributed by atoms with Gasteiger partial charge in [0.25, 0.3) is 0 Å². The lowest BCUT2D eigenvalue weighted by Gasteiger charge is -2.17. The number of rotatable bonds is 4. The molecule has 2 rings (SSSR count). The highest BCUT2D eigenvalue weighted by molar-refractivity contribution is 7.99. The van der Waals surface area contributed by atoms with Crippen LogP contribution in [0, 0.1) is 0 Å². The summed E-state index contributed by atoms with van der Waals surface area (Å²) in [6.45, 7) is 2.03. The normalized spacial score (nSPS) is 21.9. The summed E-state index contributed by atoms with van der Waals surface area (Å²) in [5.41, 5.74) is 0. The number of aromatic nitrogens is 2. The van der Waals surface area contributed by atoms with Gasteiger partial charge in [-0.3, -0.25) is 10.1 Å². The van der Waals surface area contributed by atoms with Gasteiger partial charge in [0.05, 0.1) is 12.1 Å². The maximum atomic E-state index is 11.9. The molecule has 3 N–H and O–H groups in total. The Morgan fingerprint density at radius 3 is 3.25 bits per heavy atom. The summed E-state index contributed by atoms with van der Waals surface area (Å²) in [5, 5.41) is 6.15. The van der Waals surface area contributed by atoms with Gasteiger partial charge in [0.15, 0.2) is 0 Å². The minimum atomic E-state index is -0.0611. The van der Waals surface area contributed by atoms with Crippen LogP contribution in [0.4, 0.5) is 0 Å². The summed E-state index contributed by atoms with van der Waals surface area (Å²) < 4.78 is 0. The topological polar surface area (TPSA) is 69.8 Å². The van der Waals surface area contributed by atoms with Gasteiger partial charge in [-0.25, -0.2) is 4.98 Å². The largest absolute Gasteiger partial charge is 0.347 e. The van der Waals surface area contributed by atoms with Crippen molar-refractivity contribution in [3.63, 3.8) is 0 Å².